The van der Waals surface area contributed by atoms with E-state index in [2.05, 4.69) is 25.8 Å². The summed E-state index contributed by atoms with van der Waals surface area (Å²) in [7, 11) is 1.49. The maximum atomic E-state index is 15.2. The molecule has 1 spiro atoms. The van der Waals surface area contributed by atoms with Crippen molar-refractivity contribution in [1.82, 2.24) is 14.6 Å². The normalized spacial score (nSPS) is 18.3. The van der Waals surface area contributed by atoms with Gasteiger partial charge in [0.25, 0.3) is 0 Å². The topological polar surface area (TPSA) is 109 Å². The molecule has 2 fully saturated rings. The summed E-state index contributed by atoms with van der Waals surface area (Å²) in [4.78, 5) is 4.53. The van der Waals surface area contributed by atoms with Gasteiger partial charge in [0.2, 0.25) is 11.8 Å². The van der Waals surface area contributed by atoms with Crippen LogP contribution in [0.2, 0.25) is 0 Å². The molecule has 1 saturated carbocycles. The SMILES string of the molecule is COc1nc(NC2CCC3(CC2)COC3)nn2cc(F)c(-c3ccc(N=N)c(NC[C@H](C)F)c3)c12. The van der Waals surface area contributed by atoms with E-state index in [0.29, 0.717) is 33.8 Å². The minimum absolute atomic E-state index is 0.0434. The number of hydrogen-bond acceptors (Lipinski definition) is 8. The van der Waals surface area contributed by atoms with Gasteiger partial charge in [-0.1, -0.05) is 6.07 Å². The van der Waals surface area contributed by atoms with E-state index in [1.807, 2.05) is 0 Å². The van der Waals surface area contributed by atoms with E-state index in [1.54, 1.807) is 18.2 Å². The Morgan fingerprint density at radius 2 is 2.11 bits per heavy atom. The molecule has 2 aromatic heterocycles. The second-order valence-corrected chi connectivity index (χ2v) is 9.51. The number of aromatic nitrogens is 3. The monoisotopic (exact) mass is 485 g/mol. The van der Waals surface area contributed by atoms with E-state index >= 15 is 4.39 Å². The molecule has 1 saturated heterocycles. The zero-order valence-electron chi connectivity index (χ0n) is 19.8. The van der Waals surface area contributed by atoms with Gasteiger partial charge in [-0.15, -0.1) is 5.10 Å². The van der Waals surface area contributed by atoms with Crippen molar-refractivity contribution in [3.8, 4) is 17.0 Å². The maximum absolute atomic E-state index is 15.2. The molecule has 3 heterocycles. The van der Waals surface area contributed by atoms with Gasteiger partial charge in [-0.3, -0.25) is 0 Å². The molecule has 5 rings (SSSR count). The lowest BCUT2D eigenvalue weighted by Gasteiger charge is -2.46. The first-order valence-electron chi connectivity index (χ1n) is 11.8. The fourth-order valence-electron chi connectivity index (χ4n) is 4.92. The third kappa shape index (κ3) is 4.52. The highest BCUT2D eigenvalue weighted by molar-refractivity contribution is 5.88. The number of anilines is 2. The van der Waals surface area contributed by atoms with Crippen LogP contribution in [-0.4, -0.2) is 53.7 Å². The van der Waals surface area contributed by atoms with E-state index < -0.39 is 12.0 Å². The molecular weight excluding hydrogens is 456 g/mol. The number of halogens is 2. The van der Waals surface area contributed by atoms with Gasteiger partial charge in [0.1, 0.15) is 17.4 Å². The molecule has 9 nitrogen and oxygen atoms in total. The molecule has 2 aliphatic rings. The molecule has 0 amide bonds. The van der Waals surface area contributed by atoms with Crippen LogP contribution in [0.5, 0.6) is 5.88 Å². The van der Waals surface area contributed by atoms with Crippen LogP contribution in [-0.2, 0) is 4.74 Å². The standard InChI is InChI=1S/C24H29F2N7O2/c1-14(25)10-28-19-9-15(3-4-18(19)31-27)20-17(26)11-33-21(20)22(34-2)30-23(32-33)29-16-5-7-24(8-6-16)12-35-13-24/h3-4,9,11,14,16,27-28H,5-8,10,12-13H2,1-2H3,(H,29,32)/t14-/m0/s1. The Balaban J connectivity index is 1.46. The molecule has 3 aromatic rings. The van der Waals surface area contributed by atoms with Gasteiger partial charge in [-0.2, -0.15) is 10.1 Å². The Bertz CT molecular complexity index is 1230. The third-order valence-electron chi connectivity index (χ3n) is 6.92. The third-order valence-corrected chi connectivity index (χ3v) is 6.92. The number of methoxy groups -OCH3 is 1. The summed E-state index contributed by atoms with van der Waals surface area (Å²) in [6.07, 6.45) is 4.40. The molecule has 35 heavy (non-hydrogen) atoms. The lowest BCUT2D eigenvalue weighted by molar-refractivity contribution is -0.131. The summed E-state index contributed by atoms with van der Waals surface area (Å²) >= 11 is 0. The minimum Gasteiger partial charge on any atom is -0.479 e. The summed E-state index contributed by atoms with van der Waals surface area (Å²) in [6.45, 7) is 3.17. The van der Waals surface area contributed by atoms with Gasteiger partial charge in [-0.05, 0) is 50.3 Å². The molecular formula is C24H29F2N7O2. The lowest BCUT2D eigenvalue weighted by atomic mass is 9.71. The number of nitrogens with one attached hydrogen (secondary N) is 3. The molecule has 1 aliphatic heterocycles. The first-order chi connectivity index (χ1) is 16.9. The number of nitrogens with zero attached hydrogens (tertiary/aromatic N) is 4. The average molecular weight is 486 g/mol. The van der Waals surface area contributed by atoms with Crippen molar-refractivity contribution in [2.75, 3.05) is 37.5 Å². The molecule has 0 unspecified atom stereocenters. The van der Waals surface area contributed by atoms with Gasteiger partial charge < -0.3 is 20.1 Å². The van der Waals surface area contributed by atoms with Gasteiger partial charge in [-0.25, -0.2) is 18.8 Å². The van der Waals surface area contributed by atoms with Crippen LogP contribution in [0.15, 0.2) is 29.5 Å². The summed E-state index contributed by atoms with van der Waals surface area (Å²) in [5, 5.41) is 14.3. The van der Waals surface area contributed by atoms with Crippen LogP contribution in [0.1, 0.15) is 32.6 Å². The molecule has 11 heteroatoms. The zero-order valence-corrected chi connectivity index (χ0v) is 19.8. The number of alkyl halides is 1. The quantitative estimate of drug-likeness (QED) is 0.371. The Morgan fingerprint density at radius 1 is 1.34 bits per heavy atom. The molecule has 1 aromatic carbocycles. The summed E-state index contributed by atoms with van der Waals surface area (Å²) < 4.78 is 41.0. The maximum Gasteiger partial charge on any atom is 0.244 e. The van der Waals surface area contributed by atoms with Crippen molar-refractivity contribution in [3.05, 3.63) is 30.2 Å². The van der Waals surface area contributed by atoms with Crippen LogP contribution in [0.25, 0.3) is 16.6 Å². The van der Waals surface area contributed by atoms with Crippen molar-refractivity contribution in [2.45, 2.75) is 44.8 Å². The number of benzene rings is 1. The molecule has 3 N–H and O–H groups in total. The highest BCUT2D eigenvalue weighted by atomic mass is 19.1. The predicted octanol–water partition coefficient (Wildman–Crippen LogP) is 5.35. The Labute approximate surface area is 201 Å². The Kier molecular flexibility index (Phi) is 6.26. The lowest BCUT2D eigenvalue weighted by Crippen LogP contribution is -2.47. The predicted molar refractivity (Wildman–Crippen MR) is 128 cm³/mol. The first kappa shape index (κ1) is 23.4. The van der Waals surface area contributed by atoms with Gasteiger partial charge in [0, 0.05) is 18.0 Å². The summed E-state index contributed by atoms with van der Waals surface area (Å²) in [6, 6.07) is 5.12. The number of fused-ring (bicyclic) bond motifs is 1. The van der Waals surface area contributed by atoms with E-state index in [9.17, 15) is 4.39 Å². The van der Waals surface area contributed by atoms with Crippen LogP contribution in [0.3, 0.4) is 0 Å². The smallest absolute Gasteiger partial charge is 0.244 e. The van der Waals surface area contributed by atoms with Crippen molar-refractivity contribution < 1.29 is 18.3 Å². The Hall–Kier alpha value is -3.34. The van der Waals surface area contributed by atoms with Crippen molar-refractivity contribution in [1.29, 1.82) is 5.53 Å². The summed E-state index contributed by atoms with van der Waals surface area (Å²) in [5.74, 6) is 0.117. The molecule has 0 bridgehead atoms. The second-order valence-electron chi connectivity index (χ2n) is 9.51. The van der Waals surface area contributed by atoms with Gasteiger partial charge in [0.15, 0.2) is 5.82 Å². The first-order valence-corrected chi connectivity index (χ1v) is 11.8. The fourth-order valence-corrected chi connectivity index (χ4v) is 4.92. The van der Waals surface area contributed by atoms with Crippen molar-refractivity contribution >= 4 is 22.8 Å². The van der Waals surface area contributed by atoms with Crippen LogP contribution >= 0.6 is 0 Å². The molecule has 0 radical (unpaired) electrons. The number of hydrogen-bond donors (Lipinski definition) is 3. The Morgan fingerprint density at radius 3 is 2.74 bits per heavy atom. The highest BCUT2D eigenvalue weighted by Gasteiger charge is 2.41. The second kappa shape index (κ2) is 9.37. The number of rotatable bonds is 8. The summed E-state index contributed by atoms with van der Waals surface area (Å²) in [5.41, 5.74) is 9.63. The van der Waals surface area contributed by atoms with E-state index in [1.165, 1.54) is 24.7 Å². The van der Waals surface area contributed by atoms with Crippen molar-refractivity contribution in [3.63, 3.8) is 0 Å². The fraction of sp³-hybridized carbons (Fsp3) is 0.500. The van der Waals surface area contributed by atoms with Crippen LogP contribution in [0.4, 0.5) is 26.1 Å². The van der Waals surface area contributed by atoms with E-state index in [4.69, 9.17) is 15.0 Å². The minimum atomic E-state index is -1.10. The highest BCUT2D eigenvalue weighted by Crippen LogP contribution is 2.43. The molecule has 1 atom stereocenters. The average Bonchev–Trinajstić information content (AvgIpc) is 3.17. The number of ether oxygens (including phenoxy) is 2. The zero-order chi connectivity index (χ0) is 24.6. The van der Waals surface area contributed by atoms with Crippen molar-refractivity contribution in [2.24, 2.45) is 10.5 Å². The van der Waals surface area contributed by atoms with E-state index in [-0.39, 0.29) is 24.0 Å². The molecule has 1 aliphatic carbocycles. The van der Waals surface area contributed by atoms with Gasteiger partial charge >= 0.3 is 0 Å². The largest absolute Gasteiger partial charge is 0.479 e. The van der Waals surface area contributed by atoms with Crippen LogP contribution < -0.4 is 15.4 Å². The van der Waals surface area contributed by atoms with E-state index in [0.717, 1.165) is 38.9 Å². The van der Waals surface area contributed by atoms with Crippen LogP contribution in [0, 0.1) is 16.8 Å². The van der Waals surface area contributed by atoms with Gasteiger partial charge in [0.05, 0.1) is 37.8 Å². The molecule has 186 valence electrons.